The first-order valence-corrected chi connectivity index (χ1v) is 6.92. The van der Waals surface area contributed by atoms with Gasteiger partial charge in [-0.3, -0.25) is 4.21 Å². The van der Waals surface area contributed by atoms with Crippen LogP contribution >= 0.6 is 0 Å². The second-order valence-corrected chi connectivity index (χ2v) is 5.82. The molecule has 0 spiro atoms. The van der Waals surface area contributed by atoms with Gasteiger partial charge in [-0.15, -0.1) is 0 Å². The average Bonchev–Trinajstić information content (AvgIpc) is 2.70. The highest BCUT2D eigenvalue weighted by Crippen LogP contribution is 2.27. The van der Waals surface area contributed by atoms with Gasteiger partial charge in [0, 0.05) is 11.4 Å². The van der Waals surface area contributed by atoms with Crippen LogP contribution in [0.3, 0.4) is 0 Å². The number of rotatable bonds is 3. The number of halogens is 1. The number of benzene rings is 1. The zero-order valence-corrected chi connectivity index (χ0v) is 9.93. The molecule has 1 aromatic carbocycles. The molecule has 4 heteroatoms. The summed E-state index contributed by atoms with van der Waals surface area (Å²) in [7, 11) is -1.22. The molecule has 1 aliphatic carbocycles. The Morgan fingerprint density at radius 1 is 1.38 bits per heavy atom. The Kier molecular flexibility index (Phi) is 3.59. The van der Waals surface area contributed by atoms with E-state index in [1.54, 1.807) is 6.07 Å². The third kappa shape index (κ3) is 2.61. The minimum Gasteiger partial charge on any atom is -0.399 e. The lowest BCUT2D eigenvalue weighted by Crippen LogP contribution is -2.09. The van der Waals surface area contributed by atoms with Gasteiger partial charge in [0.15, 0.2) is 0 Å². The first-order valence-electron chi connectivity index (χ1n) is 5.60. The molecular weight excluding hydrogens is 225 g/mol. The summed E-state index contributed by atoms with van der Waals surface area (Å²) in [6, 6.07) is 4.38. The SMILES string of the molecule is Nc1ccc(S(=O)CC2CCCC2)c(F)c1. The fourth-order valence-electron chi connectivity index (χ4n) is 2.18. The van der Waals surface area contributed by atoms with Crippen molar-refractivity contribution in [3.05, 3.63) is 24.0 Å². The van der Waals surface area contributed by atoms with Crippen LogP contribution in [0.25, 0.3) is 0 Å². The summed E-state index contributed by atoms with van der Waals surface area (Å²) >= 11 is 0. The maximum Gasteiger partial charge on any atom is 0.141 e. The van der Waals surface area contributed by atoms with E-state index in [-0.39, 0.29) is 0 Å². The summed E-state index contributed by atoms with van der Waals surface area (Å²) < 4.78 is 25.5. The topological polar surface area (TPSA) is 43.1 Å². The minimum atomic E-state index is -1.22. The molecule has 1 aromatic rings. The summed E-state index contributed by atoms with van der Waals surface area (Å²) in [4.78, 5) is 0.293. The van der Waals surface area contributed by atoms with Gasteiger partial charge in [-0.25, -0.2) is 4.39 Å². The average molecular weight is 241 g/mol. The number of nitrogens with two attached hydrogens (primary N) is 1. The first kappa shape index (κ1) is 11.6. The molecule has 0 heterocycles. The monoisotopic (exact) mass is 241 g/mol. The second kappa shape index (κ2) is 4.95. The van der Waals surface area contributed by atoms with Crippen LogP contribution < -0.4 is 5.73 Å². The van der Waals surface area contributed by atoms with Crippen molar-refractivity contribution in [2.24, 2.45) is 5.92 Å². The zero-order valence-electron chi connectivity index (χ0n) is 9.12. The van der Waals surface area contributed by atoms with Crippen molar-refractivity contribution in [1.29, 1.82) is 0 Å². The van der Waals surface area contributed by atoms with Crippen LogP contribution in [0.1, 0.15) is 25.7 Å². The Morgan fingerprint density at radius 3 is 2.69 bits per heavy atom. The molecule has 0 amide bonds. The molecule has 1 unspecified atom stereocenters. The fourth-order valence-corrected chi connectivity index (χ4v) is 3.62. The van der Waals surface area contributed by atoms with E-state index in [2.05, 4.69) is 0 Å². The summed E-state index contributed by atoms with van der Waals surface area (Å²) in [6.45, 7) is 0. The van der Waals surface area contributed by atoms with E-state index in [1.165, 1.54) is 25.0 Å². The van der Waals surface area contributed by atoms with E-state index in [0.29, 0.717) is 22.3 Å². The van der Waals surface area contributed by atoms with Crippen molar-refractivity contribution in [2.75, 3.05) is 11.5 Å². The molecule has 1 fully saturated rings. The molecule has 0 saturated heterocycles. The molecule has 2 N–H and O–H groups in total. The second-order valence-electron chi connectivity index (χ2n) is 4.35. The maximum absolute atomic E-state index is 13.5. The Balaban J connectivity index is 2.08. The molecular formula is C12H16FNOS. The minimum absolute atomic E-state index is 0.293. The van der Waals surface area contributed by atoms with E-state index in [0.717, 1.165) is 12.8 Å². The van der Waals surface area contributed by atoms with Crippen molar-refractivity contribution >= 4 is 16.5 Å². The van der Waals surface area contributed by atoms with Gasteiger partial charge < -0.3 is 5.73 Å². The van der Waals surface area contributed by atoms with Crippen molar-refractivity contribution in [3.8, 4) is 0 Å². The number of hydrogen-bond acceptors (Lipinski definition) is 2. The Hall–Kier alpha value is -0.900. The van der Waals surface area contributed by atoms with E-state index < -0.39 is 16.6 Å². The predicted octanol–water partition coefficient (Wildman–Crippen LogP) is 2.71. The number of hydrogen-bond donors (Lipinski definition) is 1. The lowest BCUT2D eigenvalue weighted by Gasteiger charge is -2.09. The summed E-state index contributed by atoms with van der Waals surface area (Å²) in [5, 5.41) is 0. The lowest BCUT2D eigenvalue weighted by atomic mass is 10.1. The molecule has 0 bridgehead atoms. The number of nitrogen functional groups attached to an aromatic ring is 1. The Morgan fingerprint density at radius 2 is 2.06 bits per heavy atom. The highest BCUT2D eigenvalue weighted by atomic mass is 32.2. The van der Waals surface area contributed by atoms with Gasteiger partial charge in [-0.05, 0) is 37.0 Å². The molecule has 2 rings (SSSR count). The van der Waals surface area contributed by atoms with Gasteiger partial charge in [-0.2, -0.15) is 0 Å². The molecule has 1 atom stereocenters. The standard InChI is InChI=1S/C12H16FNOS/c13-11-7-10(14)5-6-12(11)16(15)8-9-3-1-2-4-9/h5-7,9H,1-4,8,14H2. The van der Waals surface area contributed by atoms with Crippen LogP contribution in [-0.4, -0.2) is 9.96 Å². The molecule has 0 aliphatic heterocycles. The van der Waals surface area contributed by atoms with Crippen molar-refractivity contribution in [3.63, 3.8) is 0 Å². The molecule has 1 saturated carbocycles. The molecule has 0 aromatic heterocycles. The van der Waals surface area contributed by atoms with Crippen LogP contribution in [0.4, 0.5) is 10.1 Å². The number of anilines is 1. The highest BCUT2D eigenvalue weighted by molar-refractivity contribution is 7.85. The molecule has 0 radical (unpaired) electrons. The summed E-state index contributed by atoms with van der Waals surface area (Å²) in [5.74, 6) is 0.634. The lowest BCUT2D eigenvalue weighted by molar-refractivity contribution is 0.584. The quantitative estimate of drug-likeness (QED) is 0.827. The van der Waals surface area contributed by atoms with Gasteiger partial charge in [-0.1, -0.05) is 12.8 Å². The molecule has 88 valence electrons. The van der Waals surface area contributed by atoms with Crippen molar-refractivity contribution < 1.29 is 8.60 Å². The molecule has 2 nitrogen and oxygen atoms in total. The van der Waals surface area contributed by atoms with Gasteiger partial charge in [0.25, 0.3) is 0 Å². The predicted molar refractivity (Wildman–Crippen MR) is 64.0 cm³/mol. The smallest absolute Gasteiger partial charge is 0.141 e. The largest absolute Gasteiger partial charge is 0.399 e. The van der Waals surface area contributed by atoms with Crippen LogP contribution in [-0.2, 0) is 10.8 Å². The van der Waals surface area contributed by atoms with Crippen LogP contribution in [0, 0.1) is 11.7 Å². The normalized spacial score (nSPS) is 18.8. The van der Waals surface area contributed by atoms with Crippen LogP contribution in [0.2, 0.25) is 0 Å². The summed E-state index contributed by atoms with van der Waals surface area (Å²) in [6.07, 6.45) is 4.68. The van der Waals surface area contributed by atoms with Gasteiger partial charge in [0.2, 0.25) is 0 Å². The van der Waals surface area contributed by atoms with Gasteiger partial charge >= 0.3 is 0 Å². The summed E-state index contributed by atoms with van der Waals surface area (Å²) in [5.41, 5.74) is 5.83. The first-order chi connectivity index (χ1) is 7.66. The van der Waals surface area contributed by atoms with E-state index in [4.69, 9.17) is 5.73 Å². The van der Waals surface area contributed by atoms with E-state index in [1.807, 2.05) is 0 Å². The van der Waals surface area contributed by atoms with Gasteiger partial charge in [0.05, 0.1) is 15.7 Å². The zero-order chi connectivity index (χ0) is 11.5. The molecule has 16 heavy (non-hydrogen) atoms. The van der Waals surface area contributed by atoms with E-state index in [9.17, 15) is 8.60 Å². The maximum atomic E-state index is 13.5. The Labute approximate surface area is 97.5 Å². The van der Waals surface area contributed by atoms with Crippen LogP contribution in [0.15, 0.2) is 23.1 Å². The Bertz CT molecular complexity index is 402. The van der Waals surface area contributed by atoms with Crippen LogP contribution in [0.5, 0.6) is 0 Å². The van der Waals surface area contributed by atoms with E-state index >= 15 is 0 Å². The van der Waals surface area contributed by atoms with Crippen molar-refractivity contribution in [1.82, 2.24) is 0 Å². The van der Waals surface area contributed by atoms with Crippen molar-refractivity contribution in [2.45, 2.75) is 30.6 Å². The third-order valence-electron chi connectivity index (χ3n) is 3.06. The van der Waals surface area contributed by atoms with Gasteiger partial charge in [0.1, 0.15) is 5.82 Å². The molecule has 1 aliphatic rings. The third-order valence-corrected chi connectivity index (χ3v) is 4.66. The highest BCUT2D eigenvalue weighted by Gasteiger charge is 2.20. The fraction of sp³-hybridized carbons (Fsp3) is 0.500.